The lowest BCUT2D eigenvalue weighted by Gasteiger charge is -2.31. The Kier molecular flexibility index (Phi) is 8.34. The van der Waals surface area contributed by atoms with E-state index < -0.39 is 47.6 Å². The molecule has 35 heavy (non-hydrogen) atoms. The summed E-state index contributed by atoms with van der Waals surface area (Å²) < 4.78 is 33.3. The number of nitrogens with one attached hydrogen (secondary N) is 3. The molecule has 2 heterocycles. The van der Waals surface area contributed by atoms with Crippen molar-refractivity contribution in [3.05, 3.63) is 53.7 Å². The number of fused-ring (bicyclic) bond motifs is 1. The van der Waals surface area contributed by atoms with Gasteiger partial charge in [0, 0.05) is 18.2 Å². The number of pyridine rings is 1. The third-order valence-corrected chi connectivity index (χ3v) is 5.75. The summed E-state index contributed by atoms with van der Waals surface area (Å²) in [6, 6.07) is 5.15. The SMILES string of the molecule is CC[C@H](NC)C(=O)N[C@H](C(=O)N1c2ncccc2C[C@@H]1OC(=O)Nc1c(F)cccc1F)C(C)C. The number of hydrogen-bond acceptors (Lipinski definition) is 6. The minimum Gasteiger partial charge on any atom is -0.424 e. The van der Waals surface area contributed by atoms with Crippen LogP contribution in [0.1, 0.15) is 32.8 Å². The van der Waals surface area contributed by atoms with Gasteiger partial charge >= 0.3 is 6.09 Å². The van der Waals surface area contributed by atoms with Crippen LogP contribution in [0.3, 0.4) is 0 Å². The average molecular weight is 490 g/mol. The van der Waals surface area contributed by atoms with Crippen LogP contribution in [0.4, 0.5) is 25.1 Å². The molecule has 9 nitrogen and oxygen atoms in total. The Morgan fingerprint density at radius 2 is 1.86 bits per heavy atom. The third-order valence-electron chi connectivity index (χ3n) is 5.75. The van der Waals surface area contributed by atoms with Crippen molar-refractivity contribution >= 4 is 29.4 Å². The zero-order valence-electron chi connectivity index (χ0n) is 20.0. The number of aromatic nitrogens is 1. The monoisotopic (exact) mass is 489 g/mol. The Bertz CT molecular complexity index is 1070. The van der Waals surface area contributed by atoms with E-state index in [0.717, 1.165) is 12.1 Å². The summed E-state index contributed by atoms with van der Waals surface area (Å²) in [5.41, 5.74) is -0.0137. The highest BCUT2D eigenvalue weighted by Gasteiger charge is 2.42. The lowest BCUT2D eigenvalue weighted by Crippen LogP contribution is -2.57. The maximum absolute atomic E-state index is 14.0. The first-order valence-electron chi connectivity index (χ1n) is 11.3. The smallest absolute Gasteiger partial charge is 0.413 e. The second-order valence-corrected chi connectivity index (χ2v) is 8.46. The number of carbonyl (C=O) groups excluding carboxylic acids is 3. The van der Waals surface area contributed by atoms with Gasteiger partial charge in [-0.2, -0.15) is 0 Å². The molecule has 2 aromatic rings. The number of ether oxygens (including phenoxy) is 1. The first-order valence-corrected chi connectivity index (χ1v) is 11.3. The Balaban J connectivity index is 1.85. The van der Waals surface area contributed by atoms with Crippen LogP contribution in [0.15, 0.2) is 36.5 Å². The van der Waals surface area contributed by atoms with Gasteiger partial charge in [-0.25, -0.2) is 18.6 Å². The summed E-state index contributed by atoms with van der Waals surface area (Å²) in [6.07, 6.45) is -0.140. The lowest BCUT2D eigenvalue weighted by molar-refractivity contribution is -0.130. The molecule has 0 radical (unpaired) electrons. The maximum Gasteiger partial charge on any atom is 0.413 e. The molecule has 3 N–H and O–H groups in total. The molecular formula is C24H29F2N5O4. The molecule has 3 amide bonds. The highest BCUT2D eigenvalue weighted by Crippen LogP contribution is 2.32. The molecule has 1 aromatic heterocycles. The maximum atomic E-state index is 14.0. The van der Waals surface area contributed by atoms with E-state index in [2.05, 4.69) is 20.9 Å². The van der Waals surface area contributed by atoms with Crippen LogP contribution in [0.2, 0.25) is 0 Å². The van der Waals surface area contributed by atoms with Gasteiger partial charge in [0.2, 0.25) is 5.91 Å². The quantitative estimate of drug-likeness (QED) is 0.526. The summed E-state index contributed by atoms with van der Waals surface area (Å²) in [5, 5.41) is 7.74. The number of anilines is 2. The second kappa shape index (κ2) is 11.2. The van der Waals surface area contributed by atoms with E-state index in [1.165, 1.54) is 17.2 Å². The highest BCUT2D eigenvalue weighted by molar-refractivity contribution is 6.01. The van der Waals surface area contributed by atoms with Gasteiger partial charge in [-0.1, -0.05) is 32.9 Å². The lowest BCUT2D eigenvalue weighted by atomic mass is 10.0. The molecule has 1 aromatic carbocycles. The van der Waals surface area contributed by atoms with E-state index in [9.17, 15) is 23.2 Å². The van der Waals surface area contributed by atoms with Crippen LogP contribution < -0.4 is 20.9 Å². The molecule has 0 unspecified atom stereocenters. The van der Waals surface area contributed by atoms with E-state index in [1.807, 2.05) is 6.92 Å². The second-order valence-electron chi connectivity index (χ2n) is 8.46. The van der Waals surface area contributed by atoms with Gasteiger partial charge in [0.25, 0.3) is 5.91 Å². The van der Waals surface area contributed by atoms with Gasteiger partial charge in [0.15, 0.2) is 6.23 Å². The number of nitrogens with zero attached hydrogens (tertiary/aromatic N) is 2. The van der Waals surface area contributed by atoms with Gasteiger partial charge in [0.05, 0.1) is 6.04 Å². The Labute approximate surface area is 202 Å². The van der Waals surface area contributed by atoms with Crippen molar-refractivity contribution in [3.63, 3.8) is 0 Å². The fraction of sp³-hybridized carbons (Fsp3) is 0.417. The number of rotatable bonds is 8. The average Bonchev–Trinajstić information content (AvgIpc) is 3.17. The van der Waals surface area contributed by atoms with Crippen molar-refractivity contribution in [2.45, 2.75) is 51.9 Å². The van der Waals surface area contributed by atoms with Crippen molar-refractivity contribution in [2.75, 3.05) is 17.3 Å². The predicted molar refractivity (Wildman–Crippen MR) is 126 cm³/mol. The summed E-state index contributed by atoms with van der Waals surface area (Å²) in [6.45, 7) is 5.40. The number of halogens is 2. The van der Waals surface area contributed by atoms with Crippen LogP contribution in [0.5, 0.6) is 0 Å². The minimum atomic E-state index is -1.14. The largest absolute Gasteiger partial charge is 0.424 e. The van der Waals surface area contributed by atoms with Gasteiger partial charge in [-0.05, 0) is 37.6 Å². The topological polar surface area (TPSA) is 113 Å². The van der Waals surface area contributed by atoms with Crippen LogP contribution in [0.25, 0.3) is 0 Å². The number of benzene rings is 1. The fourth-order valence-corrected chi connectivity index (χ4v) is 3.87. The Morgan fingerprint density at radius 1 is 1.17 bits per heavy atom. The molecule has 188 valence electrons. The molecule has 3 atom stereocenters. The normalized spacial score (nSPS) is 16.4. The van der Waals surface area contributed by atoms with Crippen LogP contribution in [0, 0.1) is 17.6 Å². The molecule has 0 aliphatic carbocycles. The van der Waals surface area contributed by atoms with Crippen LogP contribution in [-0.4, -0.2) is 48.3 Å². The molecule has 0 spiro atoms. The molecule has 3 rings (SSSR count). The van der Waals surface area contributed by atoms with Crippen molar-refractivity contribution in [3.8, 4) is 0 Å². The van der Waals surface area contributed by atoms with E-state index in [-0.39, 0.29) is 24.1 Å². The predicted octanol–water partition coefficient (Wildman–Crippen LogP) is 2.96. The molecule has 11 heteroatoms. The summed E-state index contributed by atoms with van der Waals surface area (Å²) in [5.74, 6) is -2.81. The standard InChI is InChI=1S/C24H29F2N5O4/c1-5-17(27-4)22(32)29-19(13(2)3)23(33)31-18(12-14-8-7-11-28-21(14)31)35-24(34)30-20-15(25)9-6-10-16(20)26/h6-11,13,17-19,27H,5,12H2,1-4H3,(H,29,32)(H,30,34)/t17-,18-,19-/m0/s1. The number of likely N-dealkylation sites (N-methyl/N-ethyl adjacent to an activating group) is 1. The van der Waals surface area contributed by atoms with Gasteiger partial charge in [-0.15, -0.1) is 0 Å². The molecule has 0 bridgehead atoms. The van der Waals surface area contributed by atoms with Crippen LogP contribution in [-0.2, 0) is 20.7 Å². The highest BCUT2D eigenvalue weighted by atomic mass is 19.1. The van der Waals surface area contributed by atoms with E-state index >= 15 is 0 Å². The number of para-hydroxylation sites is 1. The summed E-state index contributed by atoms with van der Waals surface area (Å²) >= 11 is 0. The summed E-state index contributed by atoms with van der Waals surface area (Å²) in [4.78, 5) is 44.4. The summed E-state index contributed by atoms with van der Waals surface area (Å²) in [7, 11) is 1.65. The van der Waals surface area contributed by atoms with Gasteiger partial charge in [0.1, 0.15) is 29.2 Å². The number of amides is 3. The van der Waals surface area contributed by atoms with E-state index in [0.29, 0.717) is 12.0 Å². The zero-order valence-corrected chi connectivity index (χ0v) is 20.0. The number of carbonyl (C=O) groups is 3. The van der Waals surface area contributed by atoms with Crippen molar-refractivity contribution in [1.82, 2.24) is 15.6 Å². The van der Waals surface area contributed by atoms with Crippen molar-refractivity contribution in [2.24, 2.45) is 5.92 Å². The Morgan fingerprint density at radius 3 is 2.46 bits per heavy atom. The van der Waals surface area contributed by atoms with E-state index in [4.69, 9.17) is 4.74 Å². The Hall–Kier alpha value is -3.60. The first kappa shape index (κ1) is 26.0. The number of hydrogen-bond donors (Lipinski definition) is 3. The molecule has 0 saturated heterocycles. The third kappa shape index (κ3) is 5.73. The minimum absolute atomic E-state index is 0.120. The molecular weight excluding hydrogens is 460 g/mol. The molecule has 0 saturated carbocycles. The zero-order chi connectivity index (χ0) is 25.7. The fourth-order valence-electron chi connectivity index (χ4n) is 3.87. The van der Waals surface area contributed by atoms with Crippen molar-refractivity contribution < 1.29 is 27.9 Å². The molecule has 0 fully saturated rings. The van der Waals surface area contributed by atoms with Gasteiger partial charge in [-0.3, -0.25) is 19.8 Å². The first-order chi connectivity index (χ1) is 16.7. The van der Waals surface area contributed by atoms with E-state index in [1.54, 1.807) is 33.0 Å². The van der Waals surface area contributed by atoms with Crippen LogP contribution >= 0.6 is 0 Å². The molecule has 1 aliphatic rings. The van der Waals surface area contributed by atoms with Gasteiger partial charge < -0.3 is 15.4 Å². The van der Waals surface area contributed by atoms with Crippen molar-refractivity contribution in [1.29, 1.82) is 0 Å². The molecule has 1 aliphatic heterocycles.